The Bertz CT molecular complexity index is 973. The fourth-order valence-corrected chi connectivity index (χ4v) is 3.08. The molecule has 1 aliphatic heterocycles. The van der Waals surface area contributed by atoms with Crippen LogP contribution in [-0.4, -0.2) is 21.4 Å². The van der Waals surface area contributed by atoms with Gasteiger partial charge in [-0.2, -0.15) is 5.26 Å². The number of aromatic nitrogens is 1. The number of pyridine rings is 1. The van der Waals surface area contributed by atoms with E-state index in [4.69, 9.17) is 5.26 Å². The molecule has 126 valence electrons. The fourth-order valence-electron chi connectivity index (χ4n) is 3.08. The van der Waals surface area contributed by atoms with Crippen molar-refractivity contribution in [2.24, 2.45) is 0 Å². The van der Waals surface area contributed by atoms with Gasteiger partial charge in [0, 0.05) is 17.8 Å². The second-order valence-electron chi connectivity index (χ2n) is 5.86. The smallest absolute Gasteiger partial charge is 0.287 e. The van der Waals surface area contributed by atoms with Crippen molar-refractivity contribution < 1.29 is 9.72 Å². The molecule has 8 heteroatoms. The van der Waals surface area contributed by atoms with Gasteiger partial charge in [-0.05, 0) is 25.0 Å². The fraction of sp³-hybridized carbons (Fsp3) is 0.235. The molecule has 1 amide bonds. The Balaban J connectivity index is 1.97. The monoisotopic (exact) mass is 338 g/mol. The lowest BCUT2D eigenvalue weighted by Crippen LogP contribution is -2.40. The van der Waals surface area contributed by atoms with E-state index in [-0.39, 0.29) is 24.1 Å². The number of amides is 1. The maximum atomic E-state index is 12.7. The number of rotatable bonds is 3. The zero-order valence-electron chi connectivity index (χ0n) is 13.4. The third kappa shape index (κ3) is 2.87. The van der Waals surface area contributed by atoms with E-state index in [1.54, 1.807) is 11.0 Å². The minimum Gasteiger partial charge on any atom is -0.307 e. The highest BCUT2D eigenvalue weighted by atomic mass is 16.6. The number of fused-ring (bicyclic) bond motifs is 1. The summed E-state index contributed by atoms with van der Waals surface area (Å²) in [7, 11) is 0. The molecule has 0 unspecified atom stereocenters. The predicted octanol–water partition coefficient (Wildman–Crippen LogP) is 1.61. The Labute approximate surface area is 142 Å². The Morgan fingerprint density at radius 2 is 2.16 bits per heavy atom. The van der Waals surface area contributed by atoms with Crippen LogP contribution >= 0.6 is 0 Å². The van der Waals surface area contributed by atoms with Crippen LogP contribution in [0.3, 0.4) is 0 Å². The van der Waals surface area contributed by atoms with E-state index in [1.165, 1.54) is 0 Å². The number of nitriles is 1. The molecule has 2 aromatic rings. The number of hydrogen-bond acceptors (Lipinski definition) is 5. The van der Waals surface area contributed by atoms with Gasteiger partial charge in [0.2, 0.25) is 5.91 Å². The average molecular weight is 338 g/mol. The van der Waals surface area contributed by atoms with E-state index in [1.807, 2.05) is 31.2 Å². The molecular weight excluding hydrogens is 324 g/mol. The maximum absolute atomic E-state index is 12.7. The van der Waals surface area contributed by atoms with Crippen molar-refractivity contribution in [1.29, 1.82) is 5.26 Å². The summed E-state index contributed by atoms with van der Waals surface area (Å²) in [6.07, 6.45) is 1.70. The van der Waals surface area contributed by atoms with Crippen LogP contribution < -0.4 is 10.5 Å². The Morgan fingerprint density at radius 3 is 2.84 bits per heavy atom. The molecule has 0 bridgehead atoms. The van der Waals surface area contributed by atoms with Crippen molar-refractivity contribution in [3.63, 3.8) is 0 Å². The van der Waals surface area contributed by atoms with Gasteiger partial charge in [0.05, 0.1) is 11.1 Å². The molecule has 25 heavy (non-hydrogen) atoms. The molecule has 1 aromatic carbocycles. The molecule has 0 radical (unpaired) electrons. The number of nitrogens with zero attached hydrogens (tertiary/aromatic N) is 4. The first-order chi connectivity index (χ1) is 11.9. The molecule has 0 saturated heterocycles. The Morgan fingerprint density at radius 1 is 1.44 bits per heavy atom. The van der Waals surface area contributed by atoms with E-state index in [2.05, 4.69) is 0 Å². The number of carbonyl (C=O) groups is 1. The van der Waals surface area contributed by atoms with Crippen LogP contribution in [-0.2, 0) is 17.8 Å². The largest absolute Gasteiger partial charge is 0.307 e. The first kappa shape index (κ1) is 16.4. The number of para-hydroxylation sites is 1. The topological polar surface area (TPSA) is 109 Å². The SMILES string of the molecule is C[C@@H]1Cc2ccccc2N1C(=O)Cn1cc([N+](=O)[O-])cc(C#N)c1=O. The van der Waals surface area contributed by atoms with Crippen LogP contribution in [0.2, 0.25) is 0 Å². The summed E-state index contributed by atoms with van der Waals surface area (Å²) < 4.78 is 0.923. The number of hydrogen-bond donors (Lipinski definition) is 0. The van der Waals surface area contributed by atoms with Gasteiger partial charge in [-0.15, -0.1) is 0 Å². The number of carbonyl (C=O) groups excluding carboxylic acids is 1. The highest BCUT2D eigenvalue weighted by Gasteiger charge is 2.31. The Kier molecular flexibility index (Phi) is 4.07. The average Bonchev–Trinajstić information content (AvgIpc) is 2.92. The summed E-state index contributed by atoms with van der Waals surface area (Å²) in [5.41, 5.74) is 0.323. The molecule has 8 nitrogen and oxygen atoms in total. The van der Waals surface area contributed by atoms with Crippen molar-refractivity contribution in [2.45, 2.75) is 25.9 Å². The van der Waals surface area contributed by atoms with Crippen molar-refractivity contribution in [3.8, 4) is 6.07 Å². The highest BCUT2D eigenvalue weighted by molar-refractivity contribution is 5.96. The zero-order chi connectivity index (χ0) is 18.1. The number of anilines is 1. The number of benzene rings is 1. The predicted molar refractivity (Wildman–Crippen MR) is 89.2 cm³/mol. The number of nitro groups is 1. The van der Waals surface area contributed by atoms with Gasteiger partial charge in [-0.1, -0.05) is 18.2 Å². The van der Waals surface area contributed by atoms with E-state index in [0.29, 0.717) is 6.42 Å². The third-order valence-electron chi connectivity index (χ3n) is 4.18. The van der Waals surface area contributed by atoms with Gasteiger partial charge < -0.3 is 4.90 Å². The van der Waals surface area contributed by atoms with Crippen LogP contribution in [0.5, 0.6) is 0 Å². The van der Waals surface area contributed by atoms with Crippen LogP contribution in [0.4, 0.5) is 11.4 Å². The van der Waals surface area contributed by atoms with Gasteiger partial charge in [-0.3, -0.25) is 24.3 Å². The first-order valence-electron chi connectivity index (χ1n) is 7.61. The summed E-state index contributed by atoms with van der Waals surface area (Å²) in [5, 5.41) is 20.0. The summed E-state index contributed by atoms with van der Waals surface area (Å²) in [4.78, 5) is 36.8. The van der Waals surface area contributed by atoms with E-state index >= 15 is 0 Å². The quantitative estimate of drug-likeness (QED) is 0.624. The second kappa shape index (κ2) is 6.20. The van der Waals surface area contributed by atoms with Crippen LogP contribution in [0.1, 0.15) is 18.1 Å². The van der Waals surface area contributed by atoms with Crippen molar-refractivity contribution in [1.82, 2.24) is 4.57 Å². The molecule has 0 fully saturated rings. The van der Waals surface area contributed by atoms with Crippen LogP contribution in [0.25, 0.3) is 0 Å². The molecule has 1 atom stereocenters. The molecule has 1 aliphatic rings. The minimum absolute atomic E-state index is 0.0743. The molecule has 2 heterocycles. The Hall–Kier alpha value is -3.47. The second-order valence-corrected chi connectivity index (χ2v) is 5.86. The molecular formula is C17H14N4O4. The zero-order valence-corrected chi connectivity index (χ0v) is 13.4. The van der Waals surface area contributed by atoms with E-state index in [0.717, 1.165) is 28.1 Å². The highest BCUT2D eigenvalue weighted by Crippen LogP contribution is 2.31. The minimum atomic E-state index is -0.721. The molecule has 0 spiro atoms. The normalized spacial score (nSPS) is 15.5. The lowest BCUT2D eigenvalue weighted by atomic mass is 10.1. The summed E-state index contributed by atoms with van der Waals surface area (Å²) in [5.74, 6) is -0.357. The molecule has 0 N–H and O–H groups in total. The van der Waals surface area contributed by atoms with E-state index in [9.17, 15) is 19.7 Å². The summed E-state index contributed by atoms with van der Waals surface area (Å²) in [6, 6.07) is 9.96. The summed E-state index contributed by atoms with van der Waals surface area (Å²) in [6.45, 7) is 1.53. The molecule has 0 saturated carbocycles. The lowest BCUT2D eigenvalue weighted by Gasteiger charge is -2.23. The standard InChI is InChI=1S/C17H14N4O4/c1-11-6-12-4-2-3-5-15(12)20(11)16(22)10-19-9-14(21(24)25)7-13(8-18)17(19)23/h2-5,7,9,11H,6,10H2,1H3/t11-/m1/s1. The van der Waals surface area contributed by atoms with Gasteiger partial charge in [0.1, 0.15) is 18.2 Å². The van der Waals surface area contributed by atoms with Gasteiger partial charge in [-0.25, -0.2) is 0 Å². The van der Waals surface area contributed by atoms with Crippen LogP contribution in [0, 0.1) is 21.4 Å². The molecule has 0 aliphatic carbocycles. The van der Waals surface area contributed by atoms with E-state index < -0.39 is 16.2 Å². The van der Waals surface area contributed by atoms with Crippen molar-refractivity contribution >= 4 is 17.3 Å². The lowest BCUT2D eigenvalue weighted by molar-refractivity contribution is -0.385. The first-order valence-corrected chi connectivity index (χ1v) is 7.61. The van der Waals surface area contributed by atoms with Gasteiger partial charge in [0.25, 0.3) is 11.2 Å². The maximum Gasteiger partial charge on any atom is 0.287 e. The van der Waals surface area contributed by atoms with Crippen molar-refractivity contribution in [2.75, 3.05) is 4.90 Å². The van der Waals surface area contributed by atoms with Crippen molar-refractivity contribution in [3.05, 3.63) is 68.1 Å². The summed E-state index contributed by atoms with van der Waals surface area (Å²) >= 11 is 0. The van der Waals surface area contributed by atoms with Crippen LogP contribution in [0.15, 0.2) is 41.3 Å². The third-order valence-corrected chi connectivity index (χ3v) is 4.18. The van der Waals surface area contributed by atoms with Gasteiger partial charge >= 0.3 is 0 Å². The molecule has 1 aromatic heterocycles. The van der Waals surface area contributed by atoms with Gasteiger partial charge in [0.15, 0.2) is 0 Å². The molecule has 3 rings (SSSR count).